The van der Waals surface area contributed by atoms with Gasteiger partial charge in [0.25, 0.3) is 0 Å². The minimum absolute atomic E-state index is 0.225. The molecule has 27 heavy (non-hydrogen) atoms. The molecule has 3 N–H and O–H groups in total. The van der Waals surface area contributed by atoms with Crippen molar-refractivity contribution in [2.24, 2.45) is 5.73 Å². The lowest BCUT2D eigenvalue weighted by atomic mass is 9.82. The summed E-state index contributed by atoms with van der Waals surface area (Å²) in [6.45, 7) is 6.69. The molecule has 0 unspecified atom stereocenters. The first-order valence-electron chi connectivity index (χ1n) is 9.12. The normalized spacial score (nSPS) is 11.2. The molecule has 144 valence electrons. The molecule has 0 aliphatic rings. The van der Waals surface area contributed by atoms with E-state index in [-0.39, 0.29) is 6.61 Å². The van der Waals surface area contributed by atoms with Crippen molar-refractivity contribution in [3.05, 3.63) is 71.8 Å². The van der Waals surface area contributed by atoms with Crippen molar-refractivity contribution < 1.29 is 14.3 Å². The Morgan fingerprint density at radius 3 is 1.85 bits per heavy atom. The number of rotatable bonds is 9. The third kappa shape index (κ3) is 4.86. The van der Waals surface area contributed by atoms with Gasteiger partial charge in [0.15, 0.2) is 5.54 Å². The van der Waals surface area contributed by atoms with Crippen LogP contribution in [0.3, 0.4) is 0 Å². The van der Waals surface area contributed by atoms with E-state index in [1.165, 1.54) is 0 Å². The van der Waals surface area contributed by atoms with Crippen LogP contribution in [0.15, 0.2) is 60.7 Å². The van der Waals surface area contributed by atoms with Crippen LogP contribution >= 0.6 is 0 Å². The largest absolute Gasteiger partial charge is 0.462 e. The molecule has 0 fully saturated rings. The molecule has 0 radical (unpaired) electrons. The smallest absolute Gasteiger partial charge is 0.341 e. The van der Waals surface area contributed by atoms with Gasteiger partial charge in [0.05, 0.1) is 0 Å². The van der Waals surface area contributed by atoms with Crippen LogP contribution in [0.4, 0.5) is 4.79 Å². The van der Waals surface area contributed by atoms with Crippen LogP contribution in [0, 0.1) is 0 Å². The molecular formula is C21H27N3O3. The van der Waals surface area contributed by atoms with Crippen molar-refractivity contribution in [3.63, 3.8) is 0 Å². The molecule has 2 amide bonds. The van der Waals surface area contributed by atoms with Crippen molar-refractivity contribution in [1.82, 2.24) is 10.2 Å². The summed E-state index contributed by atoms with van der Waals surface area (Å²) in [6, 6.07) is 17.2. The molecule has 6 heteroatoms. The predicted octanol–water partition coefficient (Wildman–Crippen LogP) is 2.48. The second-order valence-electron chi connectivity index (χ2n) is 6.13. The van der Waals surface area contributed by atoms with Crippen LogP contribution in [0.5, 0.6) is 0 Å². The second-order valence-corrected chi connectivity index (χ2v) is 6.13. The number of primary amides is 1. The Kier molecular flexibility index (Phi) is 7.37. The van der Waals surface area contributed by atoms with E-state index in [4.69, 9.17) is 10.5 Å². The second kappa shape index (κ2) is 9.73. The quantitative estimate of drug-likeness (QED) is 0.665. The molecule has 0 atom stereocenters. The van der Waals surface area contributed by atoms with Crippen LogP contribution in [-0.4, -0.2) is 43.1 Å². The number of urea groups is 1. The number of carbonyl (C=O) groups is 2. The number of ether oxygens (including phenoxy) is 1. The number of hydrogen-bond acceptors (Lipinski definition) is 4. The van der Waals surface area contributed by atoms with Gasteiger partial charge >= 0.3 is 12.0 Å². The first-order valence-corrected chi connectivity index (χ1v) is 9.12. The molecule has 0 aromatic heterocycles. The van der Waals surface area contributed by atoms with E-state index in [2.05, 4.69) is 24.1 Å². The Morgan fingerprint density at radius 1 is 0.963 bits per heavy atom. The van der Waals surface area contributed by atoms with Crippen molar-refractivity contribution >= 4 is 12.0 Å². The summed E-state index contributed by atoms with van der Waals surface area (Å²) in [6.07, 6.45) is 0. The summed E-state index contributed by atoms with van der Waals surface area (Å²) in [5.41, 5.74) is 5.11. The lowest BCUT2D eigenvalue weighted by Gasteiger charge is -2.33. The van der Waals surface area contributed by atoms with Crippen molar-refractivity contribution in [2.45, 2.75) is 19.4 Å². The monoisotopic (exact) mass is 369 g/mol. The molecule has 6 nitrogen and oxygen atoms in total. The molecule has 0 saturated carbocycles. The Hall–Kier alpha value is -2.86. The number of benzene rings is 2. The van der Waals surface area contributed by atoms with Crippen LogP contribution in [0.25, 0.3) is 0 Å². The Balaban J connectivity index is 2.41. The maximum atomic E-state index is 13.2. The van der Waals surface area contributed by atoms with E-state index < -0.39 is 17.5 Å². The minimum Gasteiger partial charge on any atom is -0.462 e. The molecule has 0 heterocycles. The zero-order valence-electron chi connectivity index (χ0n) is 15.9. The van der Waals surface area contributed by atoms with E-state index in [1.54, 1.807) is 48.5 Å². The highest BCUT2D eigenvalue weighted by atomic mass is 16.5. The average Bonchev–Trinajstić information content (AvgIpc) is 2.70. The van der Waals surface area contributed by atoms with Gasteiger partial charge in [0.2, 0.25) is 0 Å². The molecule has 0 spiro atoms. The van der Waals surface area contributed by atoms with Crippen LogP contribution in [0.2, 0.25) is 0 Å². The number of carbonyl (C=O) groups excluding carboxylic acids is 2. The highest BCUT2D eigenvalue weighted by molar-refractivity contribution is 5.92. The standard InChI is InChI=1S/C21H27N3O3/c1-3-24(4-2)15-16-27-19(25)21(23-20(22)26,17-11-7-5-8-12-17)18-13-9-6-10-14-18/h5-14H,3-4,15-16H2,1-2H3,(H3,22,23,26). The number of hydrogen-bond donors (Lipinski definition) is 2. The zero-order valence-corrected chi connectivity index (χ0v) is 15.9. The SMILES string of the molecule is CCN(CC)CCOC(=O)C(NC(N)=O)(c1ccccc1)c1ccccc1. The first kappa shape index (κ1) is 20.5. The predicted molar refractivity (Wildman–Crippen MR) is 105 cm³/mol. The molecule has 2 aromatic carbocycles. The average molecular weight is 369 g/mol. The van der Waals surface area contributed by atoms with Gasteiger partial charge in [-0.1, -0.05) is 74.5 Å². The van der Waals surface area contributed by atoms with Crippen LogP contribution in [0.1, 0.15) is 25.0 Å². The Morgan fingerprint density at radius 2 is 1.44 bits per heavy atom. The highest BCUT2D eigenvalue weighted by Gasteiger charge is 2.44. The van der Waals surface area contributed by atoms with Gasteiger partial charge in [-0.25, -0.2) is 9.59 Å². The van der Waals surface area contributed by atoms with E-state index in [0.717, 1.165) is 13.1 Å². The maximum Gasteiger partial charge on any atom is 0.341 e. The van der Waals surface area contributed by atoms with Crippen molar-refractivity contribution in [2.75, 3.05) is 26.2 Å². The summed E-state index contributed by atoms with van der Waals surface area (Å²) in [5, 5.41) is 2.64. The molecule has 2 aromatic rings. The summed E-state index contributed by atoms with van der Waals surface area (Å²) < 4.78 is 5.60. The summed E-state index contributed by atoms with van der Waals surface area (Å²) in [5.74, 6) is -0.564. The first-order chi connectivity index (χ1) is 13.0. The van der Waals surface area contributed by atoms with E-state index in [9.17, 15) is 9.59 Å². The van der Waals surface area contributed by atoms with Crippen molar-refractivity contribution in [3.8, 4) is 0 Å². The van der Waals surface area contributed by atoms with Gasteiger partial charge < -0.3 is 20.7 Å². The Bertz CT molecular complexity index is 691. The third-order valence-corrected chi connectivity index (χ3v) is 4.57. The number of nitrogens with two attached hydrogens (primary N) is 1. The lowest BCUT2D eigenvalue weighted by molar-refractivity contribution is -0.150. The third-order valence-electron chi connectivity index (χ3n) is 4.57. The number of nitrogens with zero attached hydrogens (tertiary/aromatic N) is 1. The minimum atomic E-state index is -1.50. The van der Waals surface area contributed by atoms with Crippen LogP contribution < -0.4 is 11.1 Å². The summed E-state index contributed by atoms with van der Waals surface area (Å²) in [4.78, 5) is 27.2. The van der Waals surface area contributed by atoms with Gasteiger partial charge in [-0.05, 0) is 24.2 Å². The number of amides is 2. The fraction of sp³-hybridized carbons (Fsp3) is 0.333. The molecule has 0 aliphatic carbocycles. The number of likely N-dealkylation sites (N-methyl/N-ethyl adjacent to an activating group) is 1. The van der Waals surface area contributed by atoms with Gasteiger partial charge in [0, 0.05) is 6.54 Å². The molecule has 0 aliphatic heterocycles. The fourth-order valence-corrected chi connectivity index (χ4v) is 3.07. The molecule has 2 rings (SSSR count). The summed E-state index contributed by atoms with van der Waals surface area (Å²) in [7, 11) is 0. The zero-order chi connectivity index (χ0) is 19.7. The molecular weight excluding hydrogens is 342 g/mol. The van der Waals surface area contributed by atoms with Gasteiger partial charge in [-0.2, -0.15) is 0 Å². The highest BCUT2D eigenvalue weighted by Crippen LogP contribution is 2.31. The van der Waals surface area contributed by atoms with Crippen molar-refractivity contribution in [1.29, 1.82) is 0 Å². The lowest BCUT2D eigenvalue weighted by Crippen LogP contribution is -2.55. The molecule has 0 bridgehead atoms. The van der Waals surface area contributed by atoms with E-state index in [1.807, 2.05) is 12.1 Å². The van der Waals surface area contributed by atoms with Gasteiger partial charge in [0.1, 0.15) is 6.61 Å². The maximum absolute atomic E-state index is 13.2. The summed E-state index contributed by atoms with van der Waals surface area (Å²) >= 11 is 0. The molecule has 0 saturated heterocycles. The Labute approximate surface area is 160 Å². The van der Waals surface area contributed by atoms with E-state index in [0.29, 0.717) is 17.7 Å². The number of nitrogens with one attached hydrogen (secondary N) is 1. The number of esters is 1. The topological polar surface area (TPSA) is 84.7 Å². The van der Waals surface area contributed by atoms with Crippen LogP contribution in [-0.2, 0) is 15.1 Å². The van der Waals surface area contributed by atoms with Gasteiger partial charge in [-0.15, -0.1) is 0 Å². The van der Waals surface area contributed by atoms with Gasteiger partial charge in [-0.3, -0.25) is 0 Å². The van der Waals surface area contributed by atoms with E-state index >= 15 is 0 Å². The fourth-order valence-electron chi connectivity index (χ4n) is 3.07.